The van der Waals surface area contributed by atoms with Gasteiger partial charge < -0.3 is 19.5 Å². The van der Waals surface area contributed by atoms with Gasteiger partial charge in [0.2, 0.25) is 0 Å². The van der Waals surface area contributed by atoms with Crippen LogP contribution in [0.1, 0.15) is 34.7 Å². The number of aryl methyl sites for hydroxylation is 1. The van der Waals surface area contributed by atoms with Crippen molar-refractivity contribution in [2.75, 3.05) is 25.5 Å². The van der Waals surface area contributed by atoms with Crippen LogP contribution in [0.2, 0.25) is 5.02 Å². The summed E-state index contributed by atoms with van der Waals surface area (Å²) in [7, 11) is 3.13. The van der Waals surface area contributed by atoms with Gasteiger partial charge in [-0.25, -0.2) is 4.39 Å². The molecule has 0 aliphatic carbocycles. The van der Waals surface area contributed by atoms with Crippen molar-refractivity contribution in [1.82, 2.24) is 9.47 Å². The van der Waals surface area contributed by atoms with E-state index in [0.29, 0.717) is 30.1 Å². The summed E-state index contributed by atoms with van der Waals surface area (Å²) in [6.45, 7) is 1.11. The minimum atomic E-state index is -0.395. The minimum absolute atomic E-state index is 0.0487. The number of pyridine rings is 1. The molecule has 1 aliphatic rings. The molecule has 172 valence electrons. The monoisotopic (exact) mass is 469 g/mol. The van der Waals surface area contributed by atoms with Gasteiger partial charge >= 0.3 is 0 Å². The smallest absolute Gasteiger partial charge is 0.271 e. The summed E-state index contributed by atoms with van der Waals surface area (Å²) in [5.74, 6) is 0.452. The number of nitrogens with zero attached hydrogens (tertiary/aromatic N) is 2. The Morgan fingerprint density at radius 2 is 1.85 bits per heavy atom. The highest BCUT2D eigenvalue weighted by atomic mass is 35.5. The minimum Gasteiger partial charge on any atom is -0.497 e. The lowest BCUT2D eigenvalue weighted by Gasteiger charge is -2.33. The molecule has 4 rings (SSSR count). The van der Waals surface area contributed by atoms with Crippen molar-refractivity contribution in [2.24, 2.45) is 7.05 Å². The Balaban J connectivity index is 1.58. The summed E-state index contributed by atoms with van der Waals surface area (Å²) >= 11 is 6.40. The number of hydrogen-bond donors (Lipinski definition) is 1. The van der Waals surface area contributed by atoms with Crippen LogP contribution in [0.15, 0.2) is 59.5 Å². The number of carbonyl (C=O) groups is 1. The highest BCUT2D eigenvalue weighted by Gasteiger charge is 2.28. The largest absolute Gasteiger partial charge is 0.497 e. The quantitative estimate of drug-likeness (QED) is 0.574. The number of hydrogen-bond acceptors (Lipinski definition) is 4. The van der Waals surface area contributed by atoms with Gasteiger partial charge in [-0.2, -0.15) is 0 Å². The fourth-order valence-electron chi connectivity index (χ4n) is 4.15. The zero-order chi connectivity index (χ0) is 23.5. The van der Waals surface area contributed by atoms with E-state index in [-0.39, 0.29) is 28.4 Å². The van der Waals surface area contributed by atoms with E-state index < -0.39 is 5.56 Å². The maximum atomic E-state index is 13.5. The molecule has 2 heterocycles. The third-order valence-electron chi connectivity index (χ3n) is 6.01. The van der Waals surface area contributed by atoms with Gasteiger partial charge in [0.25, 0.3) is 11.5 Å². The van der Waals surface area contributed by atoms with Gasteiger partial charge in [0, 0.05) is 38.1 Å². The number of carbonyl (C=O) groups excluding carboxylic acids is 1. The molecule has 0 bridgehead atoms. The van der Waals surface area contributed by atoms with E-state index in [4.69, 9.17) is 16.3 Å². The number of halogens is 2. The number of anilines is 2. The summed E-state index contributed by atoms with van der Waals surface area (Å²) in [5.41, 5.74) is 1.93. The van der Waals surface area contributed by atoms with Crippen molar-refractivity contribution in [1.29, 1.82) is 0 Å². The van der Waals surface area contributed by atoms with Crippen molar-refractivity contribution in [3.05, 3.63) is 87.0 Å². The zero-order valence-electron chi connectivity index (χ0n) is 18.5. The van der Waals surface area contributed by atoms with Crippen LogP contribution in [-0.2, 0) is 7.05 Å². The summed E-state index contributed by atoms with van der Waals surface area (Å²) in [4.78, 5) is 27.7. The first-order valence-electron chi connectivity index (χ1n) is 10.7. The Kier molecular flexibility index (Phi) is 6.70. The second kappa shape index (κ2) is 9.67. The van der Waals surface area contributed by atoms with Crippen molar-refractivity contribution in [3.63, 3.8) is 0 Å². The number of methoxy groups -OCH3 is 1. The maximum Gasteiger partial charge on any atom is 0.271 e. The molecule has 6 nitrogen and oxygen atoms in total. The van der Waals surface area contributed by atoms with Crippen molar-refractivity contribution >= 4 is 28.9 Å². The van der Waals surface area contributed by atoms with Crippen LogP contribution in [0.5, 0.6) is 5.75 Å². The van der Waals surface area contributed by atoms with Gasteiger partial charge in [-0.05, 0) is 48.6 Å². The number of rotatable bonds is 5. The highest BCUT2D eigenvalue weighted by molar-refractivity contribution is 6.34. The van der Waals surface area contributed by atoms with E-state index in [0.717, 1.165) is 18.4 Å². The molecule has 33 heavy (non-hydrogen) atoms. The van der Waals surface area contributed by atoms with Crippen LogP contribution in [-0.4, -0.2) is 35.6 Å². The number of ether oxygens (including phenoxy) is 1. The first-order chi connectivity index (χ1) is 15.9. The van der Waals surface area contributed by atoms with Crippen LogP contribution < -0.4 is 15.6 Å². The van der Waals surface area contributed by atoms with Gasteiger partial charge in [0.05, 0.1) is 18.4 Å². The molecule has 0 saturated carbocycles. The molecular weight excluding hydrogens is 445 g/mol. The Morgan fingerprint density at radius 1 is 1.15 bits per heavy atom. The van der Waals surface area contributed by atoms with E-state index in [1.54, 1.807) is 55.5 Å². The zero-order valence-corrected chi connectivity index (χ0v) is 19.2. The number of likely N-dealkylation sites (tertiary alicyclic amines) is 1. The van der Waals surface area contributed by atoms with Crippen LogP contribution in [0.25, 0.3) is 0 Å². The van der Waals surface area contributed by atoms with Gasteiger partial charge in [-0.15, -0.1) is 0 Å². The lowest BCUT2D eigenvalue weighted by Crippen LogP contribution is -2.39. The van der Waals surface area contributed by atoms with E-state index in [1.165, 1.54) is 22.9 Å². The van der Waals surface area contributed by atoms with Crippen LogP contribution in [0.3, 0.4) is 0 Å². The van der Waals surface area contributed by atoms with Crippen LogP contribution in [0.4, 0.5) is 15.8 Å². The molecule has 2 aromatic carbocycles. The predicted octanol–water partition coefficient (Wildman–Crippen LogP) is 4.95. The van der Waals surface area contributed by atoms with Crippen molar-refractivity contribution in [3.8, 4) is 5.75 Å². The third-order valence-corrected chi connectivity index (χ3v) is 6.36. The molecule has 1 aromatic heterocycles. The molecule has 0 radical (unpaired) electrons. The highest BCUT2D eigenvalue weighted by Crippen LogP contribution is 2.32. The van der Waals surface area contributed by atoms with Gasteiger partial charge in [-0.1, -0.05) is 29.8 Å². The molecule has 0 atom stereocenters. The molecule has 0 spiro atoms. The first-order valence-corrected chi connectivity index (χ1v) is 11.1. The summed E-state index contributed by atoms with van der Waals surface area (Å²) in [6, 6.07) is 13.7. The van der Waals surface area contributed by atoms with Crippen molar-refractivity contribution in [2.45, 2.75) is 18.8 Å². The average Bonchev–Trinajstić information content (AvgIpc) is 2.84. The SMILES string of the molecule is COc1cccc(Nc2c(C(=O)N3CCC(c4ccc(F)cc4)CC3)cn(C)c(=O)c2Cl)c1. The lowest BCUT2D eigenvalue weighted by atomic mass is 9.89. The van der Waals surface area contributed by atoms with Crippen LogP contribution >= 0.6 is 11.6 Å². The Bertz CT molecular complexity index is 1220. The molecule has 8 heteroatoms. The molecule has 1 aliphatic heterocycles. The first kappa shape index (κ1) is 22.9. The fraction of sp³-hybridized carbons (Fsp3) is 0.280. The number of aromatic nitrogens is 1. The summed E-state index contributed by atoms with van der Waals surface area (Å²) in [6.07, 6.45) is 3.07. The number of benzene rings is 2. The van der Waals surface area contributed by atoms with Gasteiger partial charge in [0.1, 0.15) is 16.6 Å². The second-order valence-corrected chi connectivity index (χ2v) is 8.50. The molecule has 1 fully saturated rings. The average molecular weight is 470 g/mol. The van der Waals surface area contributed by atoms with E-state index in [2.05, 4.69) is 5.32 Å². The van der Waals surface area contributed by atoms with E-state index in [1.807, 2.05) is 0 Å². The summed E-state index contributed by atoms with van der Waals surface area (Å²) in [5, 5.41) is 3.09. The molecule has 0 unspecified atom stereocenters. The van der Waals surface area contributed by atoms with E-state index in [9.17, 15) is 14.0 Å². The summed E-state index contributed by atoms with van der Waals surface area (Å²) < 4.78 is 19.8. The Labute approximate surface area is 196 Å². The maximum absolute atomic E-state index is 13.5. The number of amides is 1. The fourth-order valence-corrected chi connectivity index (χ4v) is 4.43. The second-order valence-electron chi connectivity index (χ2n) is 8.12. The van der Waals surface area contributed by atoms with Gasteiger partial charge in [0.15, 0.2) is 0 Å². The Hall–Kier alpha value is -3.32. The normalized spacial score (nSPS) is 14.2. The Morgan fingerprint density at radius 3 is 2.52 bits per heavy atom. The van der Waals surface area contributed by atoms with Crippen LogP contribution in [0, 0.1) is 5.82 Å². The topological polar surface area (TPSA) is 63.6 Å². The molecule has 3 aromatic rings. The lowest BCUT2D eigenvalue weighted by molar-refractivity contribution is 0.0713. The number of nitrogens with one attached hydrogen (secondary N) is 1. The van der Waals surface area contributed by atoms with E-state index >= 15 is 0 Å². The predicted molar refractivity (Wildman–Crippen MR) is 127 cm³/mol. The third kappa shape index (κ3) is 4.88. The molecular formula is C25H25ClFN3O3. The number of piperidine rings is 1. The standard InChI is InChI=1S/C25H25ClFN3O3/c1-29-15-21(23(22(26)25(29)32)28-19-4-3-5-20(14-19)33-2)24(31)30-12-10-17(11-13-30)16-6-8-18(27)9-7-16/h3-9,14-15,17,28H,10-13H2,1-2H3. The van der Waals surface area contributed by atoms with Crippen molar-refractivity contribution < 1.29 is 13.9 Å². The van der Waals surface area contributed by atoms with Gasteiger partial charge in [-0.3, -0.25) is 9.59 Å². The molecule has 1 saturated heterocycles. The molecule has 1 N–H and O–H groups in total. The molecule has 1 amide bonds.